The Bertz CT molecular complexity index is 586. The van der Waals surface area contributed by atoms with Gasteiger partial charge in [0.25, 0.3) is 5.89 Å². The minimum absolute atomic E-state index is 0.0253. The third kappa shape index (κ3) is 2.87. The lowest BCUT2D eigenvalue weighted by molar-refractivity contribution is 0.116. The number of halogens is 2. The smallest absolute Gasteiger partial charge is 0.260 e. The lowest BCUT2D eigenvalue weighted by atomic mass is 10.2. The molecule has 0 aliphatic heterocycles. The second-order valence-electron chi connectivity index (χ2n) is 4.12. The Morgan fingerprint density at radius 2 is 2.11 bits per heavy atom. The average Bonchev–Trinajstić information content (AvgIpc) is 2.82. The maximum absolute atomic E-state index is 13.6. The van der Waals surface area contributed by atoms with Crippen LogP contribution in [0.15, 0.2) is 16.7 Å². The van der Waals surface area contributed by atoms with Crippen LogP contribution in [0.3, 0.4) is 0 Å². The van der Waals surface area contributed by atoms with Gasteiger partial charge in [0, 0.05) is 19.6 Å². The van der Waals surface area contributed by atoms with Crippen LogP contribution in [0, 0.1) is 11.6 Å². The molecule has 7 heteroatoms. The van der Waals surface area contributed by atoms with Gasteiger partial charge in [-0.15, -0.1) is 0 Å². The van der Waals surface area contributed by atoms with Crippen molar-refractivity contribution in [1.82, 2.24) is 10.1 Å². The second kappa shape index (κ2) is 5.31. The Balaban J connectivity index is 2.30. The summed E-state index contributed by atoms with van der Waals surface area (Å²) in [5, 5.41) is 3.71. The van der Waals surface area contributed by atoms with Gasteiger partial charge in [-0.2, -0.15) is 4.98 Å². The van der Waals surface area contributed by atoms with Crippen LogP contribution in [-0.4, -0.2) is 23.4 Å². The molecule has 0 aliphatic carbocycles. The van der Waals surface area contributed by atoms with E-state index in [4.69, 9.17) is 15.0 Å². The van der Waals surface area contributed by atoms with E-state index >= 15 is 0 Å². The zero-order valence-corrected chi connectivity index (χ0v) is 10.5. The number of anilines is 1. The van der Waals surface area contributed by atoms with E-state index in [9.17, 15) is 8.78 Å². The number of nitrogen functional groups attached to an aromatic ring is 1. The molecule has 19 heavy (non-hydrogen) atoms. The van der Waals surface area contributed by atoms with Gasteiger partial charge in [-0.05, 0) is 13.0 Å². The number of hydrogen-bond acceptors (Lipinski definition) is 5. The van der Waals surface area contributed by atoms with Gasteiger partial charge in [0.15, 0.2) is 5.82 Å². The van der Waals surface area contributed by atoms with Crippen LogP contribution >= 0.6 is 0 Å². The molecule has 0 saturated heterocycles. The predicted molar refractivity (Wildman–Crippen MR) is 64.2 cm³/mol. The molecule has 1 unspecified atom stereocenters. The summed E-state index contributed by atoms with van der Waals surface area (Å²) in [5.74, 6) is -1.29. The predicted octanol–water partition coefficient (Wildman–Crippen LogP) is 2.17. The number of hydrogen-bond donors (Lipinski definition) is 1. The van der Waals surface area contributed by atoms with Crippen LogP contribution in [0.4, 0.5) is 14.5 Å². The molecule has 0 saturated carbocycles. The van der Waals surface area contributed by atoms with Crippen LogP contribution < -0.4 is 5.73 Å². The van der Waals surface area contributed by atoms with Crippen LogP contribution in [0.25, 0.3) is 11.5 Å². The normalized spacial score (nSPS) is 12.6. The quantitative estimate of drug-likeness (QED) is 0.861. The average molecular weight is 269 g/mol. The summed E-state index contributed by atoms with van der Waals surface area (Å²) in [7, 11) is 1.56. The van der Waals surface area contributed by atoms with Crippen molar-refractivity contribution >= 4 is 5.69 Å². The van der Waals surface area contributed by atoms with Gasteiger partial charge in [0.1, 0.15) is 11.6 Å². The lowest BCUT2D eigenvalue weighted by Crippen LogP contribution is -2.09. The lowest BCUT2D eigenvalue weighted by Gasteiger charge is -2.04. The maximum atomic E-state index is 13.6. The Morgan fingerprint density at radius 3 is 2.79 bits per heavy atom. The van der Waals surface area contributed by atoms with Crippen LogP contribution in [0.1, 0.15) is 12.7 Å². The largest absolute Gasteiger partial charge is 0.396 e. The highest BCUT2D eigenvalue weighted by Gasteiger charge is 2.17. The van der Waals surface area contributed by atoms with Crippen molar-refractivity contribution in [2.75, 3.05) is 12.8 Å². The molecule has 0 bridgehead atoms. The van der Waals surface area contributed by atoms with Crippen molar-refractivity contribution in [1.29, 1.82) is 0 Å². The molecule has 1 atom stereocenters. The Kier molecular flexibility index (Phi) is 3.75. The Labute approximate surface area is 108 Å². The third-order valence-electron chi connectivity index (χ3n) is 2.66. The molecular formula is C12H13F2N3O2. The van der Waals surface area contributed by atoms with Crippen molar-refractivity contribution in [3.63, 3.8) is 0 Å². The van der Waals surface area contributed by atoms with Gasteiger partial charge in [-0.25, -0.2) is 8.78 Å². The second-order valence-corrected chi connectivity index (χ2v) is 4.12. The topological polar surface area (TPSA) is 74.2 Å². The fraction of sp³-hybridized carbons (Fsp3) is 0.333. The van der Waals surface area contributed by atoms with Crippen molar-refractivity contribution in [2.45, 2.75) is 19.4 Å². The first-order valence-corrected chi connectivity index (χ1v) is 5.61. The molecular weight excluding hydrogens is 256 g/mol. The van der Waals surface area contributed by atoms with Gasteiger partial charge in [-0.3, -0.25) is 0 Å². The summed E-state index contributed by atoms with van der Waals surface area (Å²) >= 11 is 0. The zero-order chi connectivity index (χ0) is 14.0. The number of nitrogens with two attached hydrogens (primary N) is 1. The minimum atomic E-state index is -0.825. The Hall–Kier alpha value is -2.02. The van der Waals surface area contributed by atoms with E-state index in [2.05, 4.69) is 10.1 Å². The fourth-order valence-electron chi connectivity index (χ4n) is 1.52. The molecule has 1 aromatic carbocycles. The number of methoxy groups -OCH3 is 1. The van der Waals surface area contributed by atoms with Gasteiger partial charge in [0.2, 0.25) is 0 Å². The van der Waals surface area contributed by atoms with Gasteiger partial charge >= 0.3 is 0 Å². The molecule has 2 rings (SSSR count). The first-order chi connectivity index (χ1) is 9.01. The van der Waals surface area contributed by atoms with Crippen molar-refractivity contribution < 1.29 is 18.0 Å². The van der Waals surface area contributed by atoms with Gasteiger partial charge in [0.05, 0.1) is 17.4 Å². The van der Waals surface area contributed by atoms with Gasteiger partial charge in [-0.1, -0.05) is 5.16 Å². The summed E-state index contributed by atoms with van der Waals surface area (Å²) in [4.78, 5) is 4.02. The number of benzene rings is 1. The molecule has 2 aromatic rings. The third-order valence-corrected chi connectivity index (χ3v) is 2.66. The van der Waals surface area contributed by atoms with Crippen molar-refractivity contribution in [2.24, 2.45) is 0 Å². The summed E-state index contributed by atoms with van der Waals surface area (Å²) < 4.78 is 36.7. The first kappa shape index (κ1) is 13.4. The number of ether oxygens (including phenoxy) is 1. The number of nitrogens with zero attached hydrogens (tertiary/aromatic N) is 2. The van der Waals surface area contributed by atoms with E-state index < -0.39 is 11.6 Å². The molecule has 0 aliphatic rings. The fourth-order valence-corrected chi connectivity index (χ4v) is 1.52. The summed E-state index contributed by atoms with van der Waals surface area (Å²) in [5.41, 5.74) is 5.18. The van der Waals surface area contributed by atoms with Gasteiger partial charge < -0.3 is 15.0 Å². The monoisotopic (exact) mass is 269 g/mol. The molecule has 102 valence electrons. The van der Waals surface area contributed by atoms with E-state index in [0.717, 1.165) is 6.07 Å². The molecule has 0 fully saturated rings. The van der Waals surface area contributed by atoms with Crippen molar-refractivity contribution in [3.05, 3.63) is 29.6 Å². The standard InChI is InChI=1S/C12H13F2N3O2/c1-6(18-2)3-11-16-12(19-17-11)7-4-10(15)9(14)5-8(7)13/h4-6H,3,15H2,1-2H3. The molecule has 0 amide bonds. The van der Waals surface area contributed by atoms with E-state index in [1.165, 1.54) is 0 Å². The zero-order valence-electron chi connectivity index (χ0n) is 10.5. The maximum Gasteiger partial charge on any atom is 0.260 e. The van der Waals surface area contributed by atoms with Crippen molar-refractivity contribution in [3.8, 4) is 11.5 Å². The molecule has 1 heterocycles. The van der Waals surface area contributed by atoms with Crippen LogP contribution in [0.2, 0.25) is 0 Å². The van der Waals surface area contributed by atoms with Crippen LogP contribution in [0.5, 0.6) is 0 Å². The summed E-state index contributed by atoms with van der Waals surface area (Å²) in [6.45, 7) is 1.84. The van der Waals surface area contributed by atoms with E-state index in [1.54, 1.807) is 7.11 Å². The Morgan fingerprint density at radius 1 is 1.37 bits per heavy atom. The summed E-state index contributed by atoms with van der Waals surface area (Å²) in [6, 6.07) is 1.81. The highest BCUT2D eigenvalue weighted by atomic mass is 19.1. The van der Waals surface area contributed by atoms with E-state index in [-0.39, 0.29) is 23.2 Å². The van der Waals surface area contributed by atoms with E-state index in [1.807, 2.05) is 6.92 Å². The molecule has 0 spiro atoms. The molecule has 5 nitrogen and oxygen atoms in total. The highest BCUT2D eigenvalue weighted by molar-refractivity contribution is 5.61. The molecule has 0 radical (unpaired) electrons. The minimum Gasteiger partial charge on any atom is -0.396 e. The number of aromatic nitrogens is 2. The first-order valence-electron chi connectivity index (χ1n) is 5.61. The highest BCUT2D eigenvalue weighted by Crippen LogP contribution is 2.25. The molecule has 1 aromatic heterocycles. The molecule has 2 N–H and O–H groups in total. The SMILES string of the molecule is COC(C)Cc1noc(-c2cc(N)c(F)cc2F)n1. The van der Waals surface area contributed by atoms with E-state index in [0.29, 0.717) is 18.3 Å². The number of rotatable bonds is 4. The van der Waals surface area contributed by atoms with Crippen LogP contribution in [-0.2, 0) is 11.2 Å². The summed E-state index contributed by atoms with van der Waals surface area (Å²) in [6.07, 6.45) is 0.340.